The van der Waals surface area contributed by atoms with Crippen LogP contribution >= 0.6 is 0 Å². The average Bonchev–Trinajstić information content (AvgIpc) is 2.50. The monoisotopic (exact) mass is 334 g/mol. The molecule has 0 aromatic carbocycles. The van der Waals surface area contributed by atoms with E-state index >= 15 is 0 Å². The first kappa shape index (κ1) is 18.9. The van der Waals surface area contributed by atoms with Crippen LogP contribution in [0, 0.1) is 22.7 Å². The summed E-state index contributed by atoms with van der Waals surface area (Å²) >= 11 is 0. The smallest absolute Gasteiger partial charge is 0.328 e. The lowest BCUT2D eigenvalue weighted by Gasteiger charge is -2.57. The molecule has 0 aliphatic heterocycles. The maximum atomic E-state index is 12.5. The fourth-order valence-electron chi connectivity index (χ4n) is 5.19. The Balaban J connectivity index is 2.26. The minimum Gasteiger partial charge on any atom is -0.478 e. The average molecular weight is 334 g/mol. The molecule has 2 aliphatic carbocycles. The van der Waals surface area contributed by atoms with Crippen LogP contribution in [0.3, 0.4) is 0 Å². The number of allylic oxidation sites excluding steroid dienone is 2. The summed E-state index contributed by atoms with van der Waals surface area (Å²) in [6.07, 6.45) is 5.98. The van der Waals surface area contributed by atoms with Crippen LogP contribution in [0.5, 0.6) is 0 Å². The number of carboxylic acid groups (broad SMARTS) is 1. The molecular weight excluding hydrogens is 304 g/mol. The zero-order chi connectivity index (χ0) is 18.1. The number of hydrogen-bond donors (Lipinski definition) is 2. The van der Waals surface area contributed by atoms with Crippen LogP contribution in [0.1, 0.15) is 59.3 Å². The highest BCUT2D eigenvalue weighted by Gasteiger charge is 2.57. The van der Waals surface area contributed by atoms with Crippen molar-refractivity contribution in [3.63, 3.8) is 0 Å². The molecule has 4 nitrogen and oxygen atoms in total. The van der Waals surface area contributed by atoms with Crippen LogP contribution in [0.2, 0.25) is 0 Å². The summed E-state index contributed by atoms with van der Waals surface area (Å²) in [5, 5.41) is 18.8. The number of ketones is 1. The van der Waals surface area contributed by atoms with E-state index in [0.717, 1.165) is 37.7 Å². The Morgan fingerprint density at radius 3 is 2.62 bits per heavy atom. The lowest BCUT2D eigenvalue weighted by atomic mass is 9.46. The quantitative estimate of drug-likeness (QED) is 0.593. The summed E-state index contributed by atoms with van der Waals surface area (Å²) in [5.41, 5.74) is 1.37. The van der Waals surface area contributed by atoms with Gasteiger partial charge in [-0.1, -0.05) is 31.6 Å². The molecule has 0 radical (unpaired) electrons. The number of Topliss-reactive ketones (excluding diaryl/α,β-unsaturated/α-hetero) is 1. The van der Waals surface area contributed by atoms with Gasteiger partial charge in [-0.3, -0.25) is 4.79 Å². The van der Waals surface area contributed by atoms with E-state index in [1.165, 1.54) is 11.6 Å². The lowest BCUT2D eigenvalue weighted by molar-refractivity contribution is -0.152. The molecule has 2 N–H and O–H groups in total. The summed E-state index contributed by atoms with van der Waals surface area (Å²) in [6, 6.07) is 0. The number of hydrogen-bond acceptors (Lipinski definition) is 3. The van der Waals surface area contributed by atoms with Crippen molar-refractivity contribution in [2.45, 2.75) is 59.3 Å². The van der Waals surface area contributed by atoms with Crippen molar-refractivity contribution in [1.82, 2.24) is 0 Å². The zero-order valence-corrected chi connectivity index (χ0v) is 15.1. The van der Waals surface area contributed by atoms with Crippen molar-refractivity contribution in [3.05, 3.63) is 23.8 Å². The summed E-state index contributed by atoms with van der Waals surface area (Å²) in [7, 11) is 0. The normalized spacial score (nSPS) is 37.2. The molecule has 24 heavy (non-hydrogen) atoms. The number of aliphatic hydroxyl groups is 1. The highest BCUT2D eigenvalue weighted by molar-refractivity contribution is 5.86. The third-order valence-electron chi connectivity index (χ3n) is 6.66. The van der Waals surface area contributed by atoms with E-state index in [-0.39, 0.29) is 29.6 Å². The molecule has 2 saturated carbocycles. The molecule has 0 amide bonds. The second-order valence-corrected chi connectivity index (χ2v) is 8.17. The van der Waals surface area contributed by atoms with Crippen molar-refractivity contribution in [2.24, 2.45) is 22.7 Å². The van der Waals surface area contributed by atoms with Gasteiger partial charge >= 0.3 is 5.97 Å². The highest BCUT2D eigenvalue weighted by Crippen LogP contribution is 2.60. The van der Waals surface area contributed by atoms with Gasteiger partial charge in [0.25, 0.3) is 0 Å². The summed E-state index contributed by atoms with van der Waals surface area (Å²) in [5.74, 6) is -0.293. The molecule has 4 heteroatoms. The largest absolute Gasteiger partial charge is 0.478 e. The van der Waals surface area contributed by atoms with E-state index in [1.54, 1.807) is 0 Å². The van der Waals surface area contributed by atoms with Gasteiger partial charge in [-0.25, -0.2) is 4.79 Å². The van der Waals surface area contributed by atoms with Crippen molar-refractivity contribution >= 4 is 11.8 Å². The van der Waals surface area contributed by atoms with Crippen LogP contribution in [-0.2, 0) is 9.59 Å². The maximum Gasteiger partial charge on any atom is 0.328 e. The molecule has 0 aromatic heterocycles. The third kappa shape index (κ3) is 3.21. The molecule has 0 aromatic rings. The first-order chi connectivity index (χ1) is 11.1. The maximum absolute atomic E-state index is 12.5. The van der Waals surface area contributed by atoms with Gasteiger partial charge < -0.3 is 10.2 Å². The van der Waals surface area contributed by atoms with Gasteiger partial charge in [0, 0.05) is 12.5 Å². The number of carbonyl (C=O) groups excluding carboxylic acids is 1. The van der Waals surface area contributed by atoms with E-state index in [0.29, 0.717) is 6.42 Å². The summed E-state index contributed by atoms with van der Waals surface area (Å²) in [4.78, 5) is 23.3. The number of aliphatic carboxylic acids is 1. The molecule has 0 bridgehead atoms. The van der Waals surface area contributed by atoms with Crippen molar-refractivity contribution in [2.75, 3.05) is 6.61 Å². The van der Waals surface area contributed by atoms with Gasteiger partial charge in [-0.05, 0) is 56.3 Å². The second-order valence-electron chi connectivity index (χ2n) is 8.17. The molecule has 0 heterocycles. The predicted molar refractivity (Wildman–Crippen MR) is 93.5 cm³/mol. The Kier molecular flexibility index (Phi) is 5.38. The number of rotatable bonds is 5. The fourth-order valence-corrected chi connectivity index (χ4v) is 5.19. The van der Waals surface area contributed by atoms with Gasteiger partial charge in [0.2, 0.25) is 0 Å². The SMILES string of the molecule is C=C1CCC2C(C)(CO)C(=O)CCC2(C)C1CCC(C)=CC(=O)O. The van der Waals surface area contributed by atoms with Crippen molar-refractivity contribution in [1.29, 1.82) is 0 Å². The van der Waals surface area contributed by atoms with E-state index in [1.807, 2.05) is 13.8 Å². The van der Waals surface area contributed by atoms with Crippen LogP contribution in [-0.4, -0.2) is 28.6 Å². The minimum atomic E-state index is -0.907. The topological polar surface area (TPSA) is 74.6 Å². The zero-order valence-electron chi connectivity index (χ0n) is 15.1. The first-order valence-corrected chi connectivity index (χ1v) is 8.87. The van der Waals surface area contributed by atoms with Crippen LogP contribution in [0.15, 0.2) is 23.8 Å². The Morgan fingerprint density at radius 1 is 1.38 bits per heavy atom. The number of carbonyl (C=O) groups is 2. The Bertz CT molecular complexity index is 576. The van der Waals surface area contributed by atoms with Gasteiger partial charge in [-0.2, -0.15) is 0 Å². The molecule has 4 unspecified atom stereocenters. The molecule has 0 spiro atoms. The standard InChI is InChI=1S/C20H30O4/c1-13(11-18(23)24)5-7-15-14(2)6-8-16-19(15,3)10-9-17(22)20(16,4)12-21/h11,15-16,21H,2,5-10,12H2,1,3-4H3,(H,23,24). The van der Waals surface area contributed by atoms with Crippen molar-refractivity contribution < 1.29 is 19.8 Å². The van der Waals surface area contributed by atoms with Gasteiger partial charge in [0.1, 0.15) is 5.78 Å². The van der Waals surface area contributed by atoms with Crippen LogP contribution in [0.4, 0.5) is 0 Å². The van der Waals surface area contributed by atoms with Crippen LogP contribution in [0.25, 0.3) is 0 Å². The molecule has 4 atom stereocenters. The second kappa shape index (κ2) is 6.83. The van der Waals surface area contributed by atoms with E-state index in [9.17, 15) is 14.7 Å². The highest BCUT2D eigenvalue weighted by atomic mass is 16.4. The molecule has 0 saturated heterocycles. The molecule has 2 fully saturated rings. The number of carboxylic acids is 1. The number of fused-ring (bicyclic) bond motifs is 1. The molecular formula is C20H30O4. The molecule has 2 rings (SSSR count). The first-order valence-electron chi connectivity index (χ1n) is 8.87. The third-order valence-corrected chi connectivity index (χ3v) is 6.66. The summed E-state index contributed by atoms with van der Waals surface area (Å²) in [6.45, 7) is 10.2. The van der Waals surface area contributed by atoms with Gasteiger partial charge in [0.15, 0.2) is 0 Å². The Morgan fingerprint density at radius 2 is 2.04 bits per heavy atom. The minimum absolute atomic E-state index is 0.0514. The van der Waals surface area contributed by atoms with E-state index in [2.05, 4.69) is 13.5 Å². The summed E-state index contributed by atoms with van der Waals surface area (Å²) < 4.78 is 0. The Labute approximate surface area is 144 Å². The molecule has 2 aliphatic rings. The van der Waals surface area contributed by atoms with Crippen molar-refractivity contribution in [3.8, 4) is 0 Å². The van der Waals surface area contributed by atoms with Gasteiger partial charge in [0.05, 0.1) is 12.0 Å². The Hall–Kier alpha value is -1.42. The lowest BCUT2D eigenvalue weighted by Crippen LogP contribution is -2.55. The number of aliphatic hydroxyl groups excluding tert-OH is 1. The van der Waals surface area contributed by atoms with E-state index < -0.39 is 11.4 Å². The van der Waals surface area contributed by atoms with E-state index in [4.69, 9.17) is 5.11 Å². The van der Waals surface area contributed by atoms with Gasteiger partial charge in [-0.15, -0.1) is 0 Å². The predicted octanol–water partition coefficient (Wildman–Crippen LogP) is 3.75. The fraction of sp³-hybridized carbons (Fsp3) is 0.700. The molecule has 134 valence electrons. The van der Waals surface area contributed by atoms with Crippen LogP contribution < -0.4 is 0 Å².